The van der Waals surface area contributed by atoms with Crippen molar-refractivity contribution in [3.8, 4) is 0 Å². The quantitative estimate of drug-likeness (QED) is 0.892. The molecule has 2 N–H and O–H groups in total. The minimum Gasteiger partial charge on any atom is -0.446 e. The first-order valence-electron chi connectivity index (χ1n) is 6.90. The molecule has 1 atom stereocenters. The van der Waals surface area contributed by atoms with E-state index in [1.165, 1.54) is 0 Å². The molecular weight excluding hydrogens is 258 g/mol. The number of nitrogen functional groups attached to an aromatic ring is 1. The van der Waals surface area contributed by atoms with Gasteiger partial charge < -0.3 is 20.3 Å². The van der Waals surface area contributed by atoms with Crippen LogP contribution < -0.4 is 10.6 Å². The van der Waals surface area contributed by atoms with Crippen molar-refractivity contribution in [3.63, 3.8) is 0 Å². The first kappa shape index (κ1) is 14.4. The van der Waals surface area contributed by atoms with Gasteiger partial charge in [0, 0.05) is 26.2 Å². The standard InChI is InChI=1S/C13H21N5O2/c1-3-10(2)20-13(19)18-8-6-17(7-9-18)12-5-4-11(14)15-16-12/h4-5,10H,3,6-9H2,1-2H3,(H2,14,15). The lowest BCUT2D eigenvalue weighted by atomic mass is 10.3. The van der Waals surface area contributed by atoms with Crippen molar-refractivity contribution in [2.75, 3.05) is 36.8 Å². The average Bonchev–Trinajstić information content (AvgIpc) is 2.48. The molecule has 7 nitrogen and oxygen atoms in total. The van der Waals surface area contributed by atoms with Crippen molar-refractivity contribution in [1.82, 2.24) is 15.1 Å². The second-order valence-corrected chi connectivity index (χ2v) is 4.89. The van der Waals surface area contributed by atoms with Crippen molar-refractivity contribution >= 4 is 17.7 Å². The number of hydrogen-bond acceptors (Lipinski definition) is 6. The van der Waals surface area contributed by atoms with Gasteiger partial charge in [-0.05, 0) is 25.5 Å². The van der Waals surface area contributed by atoms with Gasteiger partial charge in [-0.2, -0.15) is 0 Å². The molecular formula is C13H21N5O2. The largest absolute Gasteiger partial charge is 0.446 e. The van der Waals surface area contributed by atoms with E-state index in [9.17, 15) is 4.79 Å². The molecule has 1 aromatic rings. The van der Waals surface area contributed by atoms with Gasteiger partial charge in [-0.15, -0.1) is 10.2 Å². The van der Waals surface area contributed by atoms with Gasteiger partial charge in [-0.3, -0.25) is 0 Å². The van der Waals surface area contributed by atoms with E-state index in [0.717, 1.165) is 12.2 Å². The van der Waals surface area contributed by atoms with Crippen LogP contribution in [0.5, 0.6) is 0 Å². The Hall–Kier alpha value is -2.05. The molecule has 7 heteroatoms. The molecule has 0 bridgehead atoms. The maximum Gasteiger partial charge on any atom is 0.410 e. The van der Waals surface area contributed by atoms with Crippen molar-refractivity contribution in [2.24, 2.45) is 0 Å². The van der Waals surface area contributed by atoms with Crippen LogP contribution in [0.4, 0.5) is 16.4 Å². The zero-order valence-corrected chi connectivity index (χ0v) is 12.0. The summed E-state index contributed by atoms with van der Waals surface area (Å²) in [4.78, 5) is 15.7. The van der Waals surface area contributed by atoms with E-state index in [-0.39, 0.29) is 12.2 Å². The summed E-state index contributed by atoms with van der Waals surface area (Å²) >= 11 is 0. The van der Waals surface area contributed by atoms with E-state index >= 15 is 0 Å². The number of nitrogens with two attached hydrogens (primary N) is 1. The van der Waals surface area contributed by atoms with Crippen LogP contribution in [-0.2, 0) is 4.74 Å². The maximum absolute atomic E-state index is 11.9. The first-order chi connectivity index (χ1) is 9.60. The summed E-state index contributed by atoms with van der Waals surface area (Å²) in [6.07, 6.45) is 0.554. The van der Waals surface area contributed by atoms with E-state index in [1.807, 2.05) is 19.9 Å². The van der Waals surface area contributed by atoms with Gasteiger partial charge in [-0.25, -0.2) is 4.79 Å². The fourth-order valence-corrected chi connectivity index (χ4v) is 1.95. The van der Waals surface area contributed by atoms with E-state index < -0.39 is 0 Å². The molecule has 1 aliphatic rings. The van der Waals surface area contributed by atoms with Crippen molar-refractivity contribution in [3.05, 3.63) is 12.1 Å². The number of piperazine rings is 1. The number of rotatable bonds is 3. The van der Waals surface area contributed by atoms with E-state index in [1.54, 1.807) is 11.0 Å². The van der Waals surface area contributed by atoms with Crippen LogP contribution >= 0.6 is 0 Å². The van der Waals surface area contributed by atoms with Crippen LogP contribution in [0.1, 0.15) is 20.3 Å². The number of ether oxygens (including phenoxy) is 1. The van der Waals surface area contributed by atoms with E-state index in [2.05, 4.69) is 15.1 Å². The highest BCUT2D eigenvalue weighted by atomic mass is 16.6. The molecule has 1 amide bonds. The van der Waals surface area contributed by atoms with Gasteiger partial charge in [0.25, 0.3) is 0 Å². The second-order valence-electron chi connectivity index (χ2n) is 4.89. The lowest BCUT2D eigenvalue weighted by molar-refractivity contribution is 0.0668. The third-order valence-electron chi connectivity index (χ3n) is 3.41. The molecule has 2 rings (SSSR count). The van der Waals surface area contributed by atoms with Crippen molar-refractivity contribution in [1.29, 1.82) is 0 Å². The number of anilines is 2. The Balaban J connectivity index is 1.86. The number of carbonyl (C=O) groups is 1. The second kappa shape index (κ2) is 6.40. The van der Waals surface area contributed by atoms with Crippen molar-refractivity contribution in [2.45, 2.75) is 26.4 Å². The predicted molar refractivity (Wildman–Crippen MR) is 76.5 cm³/mol. The van der Waals surface area contributed by atoms with Gasteiger partial charge in [0.05, 0.1) is 0 Å². The molecule has 0 aliphatic carbocycles. The van der Waals surface area contributed by atoms with Crippen molar-refractivity contribution < 1.29 is 9.53 Å². The van der Waals surface area contributed by atoms with Crippen LogP contribution in [0.3, 0.4) is 0 Å². The van der Waals surface area contributed by atoms with Crippen LogP contribution in [0.25, 0.3) is 0 Å². The zero-order valence-electron chi connectivity index (χ0n) is 12.0. The Labute approximate surface area is 118 Å². The lowest BCUT2D eigenvalue weighted by Crippen LogP contribution is -2.49. The number of hydrogen-bond donors (Lipinski definition) is 1. The Morgan fingerprint density at radius 1 is 1.35 bits per heavy atom. The van der Waals surface area contributed by atoms with Gasteiger partial charge in [0.1, 0.15) is 11.9 Å². The number of amides is 1. The number of nitrogens with zero attached hydrogens (tertiary/aromatic N) is 4. The summed E-state index contributed by atoms with van der Waals surface area (Å²) in [5.74, 6) is 1.19. The Morgan fingerprint density at radius 2 is 2.05 bits per heavy atom. The highest BCUT2D eigenvalue weighted by Gasteiger charge is 2.23. The summed E-state index contributed by atoms with van der Waals surface area (Å²) in [7, 11) is 0. The third-order valence-corrected chi connectivity index (χ3v) is 3.41. The summed E-state index contributed by atoms with van der Waals surface area (Å²) in [6, 6.07) is 3.57. The summed E-state index contributed by atoms with van der Waals surface area (Å²) in [6.45, 7) is 6.58. The van der Waals surface area contributed by atoms with Gasteiger partial charge in [-0.1, -0.05) is 6.92 Å². The van der Waals surface area contributed by atoms with Crippen LogP contribution in [0.15, 0.2) is 12.1 Å². The Kier molecular flexibility index (Phi) is 4.60. The molecule has 2 heterocycles. The molecule has 0 aromatic carbocycles. The van der Waals surface area contributed by atoms with Crippen LogP contribution in [0.2, 0.25) is 0 Å². The zero-order chi connectivity index (χ0) is 14.5. The van der Waals surface area contributed by atoms with Gasteiger partial charge in [0.15, 0.2) is 5.82 Å². The smallest absolute Gasteiger partial charge is 0.410 e. The minimum absolute atomic E-state index is 0.0384. The molecule has 0 spiro atoms. The van der Waals surface area contributed by atoms with E-state index in [0.29, 0.717) is 32.0 Å². The molecule has 1 fully saturated rings. The summed E-state index contributed by atoms with van der Waals surface area (Å²) < 4.78 is 5.32. The molecule has 1 aliphatic heterocycles. The first-order valence-corrected chi connectivity index (χ1v) is 6.90. The SMILES string of the molecule is CCC(C)OC(=O)N1CCN(c2ccc(N)nn2)CC1. The molecule has 1 aromatic heterocycles. The predicted octanol–water partition coefficient (Wildman–Crippen LogP) is 1.12. The Bertz CT molecular complexity index is 443. The minimum atomic E-state index is -0.234. The van der Waals surface area contributed by atoms with Crippen LogP contribution in [0, 0.1) is 0 Å². The molecule has 0 radical (unpaired) electrons. The third kappa shape index (κ3) is 3.49. The highest BCUT2D eigenvalue weighted by molar-refractivity contribution is 5.68. The Morgan fingerprint density at radius 3 is 2.60 bits per heavy atom. The lowest BCUT2D eigenvalue weighted by Gasteiger charge is -2.34. The normalized spacial score (nSPS) is 16.9. The molecule has 110 valence electrons. The molecule has 1 unspecified atom stereocenters. The number of carbonyl (C=O) groups excluding carboxylic acids is 1. The van der Waals surface area contributed by atoms with Crippen LogP contribution in [-0.4, -0.2) is 53.5 Å². The average molecular weight is 279 g/mol. The molecule has 1 saturated heterocycles. The number of aromatic nitrogens is 2. The van der Waals surface area contributed by atoms with Gasteiger partial charge in [0.2, 0.25) is 0 Å². The monoisotopic (exact) mass is 279 g/mol. The summed E-state index contributed by atoms with van der Waals surface area (Å²) in [5, 5.41) is 7.89. The van der Waals surface area contributed by atoms with Gasteiger partial charge >= 0.3 is 6.09 Å². The molecule has 0 saturated carbocycles. The van der Waals surface area contributed by atoms with E-state index in [4.69, 9.17) is 10.5 Å². The fourth-order valence-electron chi connectivity index (χ4n) is 1.95. The fraction of sp³-hybridized carbons (Fsp3) is 0.615. The maximum atomic E-state index is 11.9. The topological polar surface area (TPSA) is 84.6 Å². The molecule has 20 heavy (non-hydrogen) atoms. The highest BCUT2D eigenvalue weighted by Crippen LogP contribution is 2.14. The summed E-state index contributed by atoms with van der Waals surface area (Å²) in [5.41, 5.74) is 5.52.